The lowest BCUT2D eigenvalue weighted by Gasteiger charge is -2.11. The molecule has 0 radical (unpaired) electrons. The van der Waals surface area contributed by atoms with Gasteiger partial charge in [0, 0.05) is 4.88 Å². The third-order valence-electron chi connectivity index (χ3n) is 2.22. The highest BCUT2D eigenvalue weighted by atomic mass is 32.2. The fourth-order valence-electron chi connectivity index (χ4n) is 1.39. The lowest BCUT2D eigenvalue weighted by molar-refractivity contribution is 0.569. The number of nitrogens with one attached hydrogen (secondary N) is 2. The molecule has 2 rings (SSSR count). The number of nitrogen functional groups attached to an aromatic ring is 1. The molecule has 0 bridgehead atoms. The molecule has 92 valence electrons. The summed E-state index contributed by atoms with van der Waals surface area (Å²) >= 11 is 1.49. The lowest BCUT2D eigenvalue weighted by Crippen LogP contribution is -2.26. The summed E-state index contributed by atoms with van der Waals surface area (Å²) in [6.45, 7) is 1.78. The second-order valence-electron chi connectivity index (χ2n) is 3.51. The average Bonchev–Trinajstić information content (AvgIpc) is 2.85. The summed E-state index contributed by atoms with van der Waals surface area (Å²) in [5.41, 5.74) is 5.49. The number of nitrogens with two attached hydrogens (primary N) is 1. The maximum Gasteiger partial charge on any atom is 0.246 e. The Labute approximate surface area is 103 Å². The van der Waals surface area contributed by atoms with Gasteiger partial charge in [0.2, 0.25) is 10.0 Å². The van der Waals surface area contributed by atoms with E-state index in [2.05, 4.69) is 14.9 Å². The van der Waals surface area contributed by atoms with Gasteiger partial charge in [-0.3, -0.25) is 5.10 Å². The predicted octanol–water partition coefficient (Wildman–Crippen LogP) is 1.09. The van der Waals surface area contributed by atoms with Gasteiger partial charge in [-0.05, 0) is 18.4 Å². The second-order valence-corrected chi connectivity index (χ2v) is 6.17. The van der Waals surface area contributed by atoms with E-state index in [1.807, 2.05) is 17.5 Å². The summed E-state index contributed by atoms with van der Waals surface area (Å²) in [6, 6.07) is 3.45. The monoisotopic (exact) mass is 272 g/mol. The van der Waals surface area contributed by atoms with Gasteiger partial charge in [-0.25, -0.2) is 13.1 Å². The molecule has 0 aromatic carbocycles. The van der Waals surface area contributed by atoms with Gasteiger partial charge in [0.1, 0.15) is 10.7 Å². The van der Waals surface area contributed by atoms with Crippen LogP contribution < -0.4 is 10.5 Å². The van der Waals surface area contributed by atoms with E-state index in [0.717, 1.165) is 4.88 Å². The quantitative estimate of drug-likeness (QED) is 0.775. The molecule has 1 unspecified atom stereocenters. The van der Waals surface area contributed by atoms with E-state index in [1.54, 1.807) is 6.92 Å². The molecule has 2 aromatic rings. The highest BCUT2D eigenvalue weighted by Gasteiger charge is 2.22. The topological polar surface area (TPSA) is 101 Å². The molecule has 8 heteroatoms. The molecule has 17 heavy (non-hydrogen) atoms. The molecule has 2 aromatic heterocycles. The number of aromatic amines is 1. The fraction of sp³-hybridized carbons (Fsp3) is 0.222. The molecule has 0 aliphatic heterocycles. The predicted molar refractivity (Wildman–Crippen MR) is 66.1 cm³/mol. The highest BCUT2D eigenvalue weighted by Crippen LogP contribution is 2.22. The van der Waals surface area contributed by atoms with Crippen molar-refractivity contribution in [2.24, 2.45) is 0 Å². The van der Waals surface area contributed by atoms with E-state index in [0.29, 0.717) is 0 Å². The van der Waals surface area contributed by atoms with Gasteiger partial charge in [-0.2, -0.15) is 5.10 Å². The largest absolute Gasteiger partial charge is 0.383 e. The Balaban J connectivity index is 2.22. The van der Waals surface area contributed by atoms with Crippen molar-refractivity contribution < 1.29 is 8.42 Å². The van der Waals surface area contributed by atoms with E-state index < -0.39 is 10.0 Å². The van der Waals surface area contributed by atoms with Crippen molar-refractivity contribution in [1.82, 2.24) is 14.9 Å². The minimum absolute atomic E-state index is 0.0269. The van der Waals surface area contributed by atoms with Crippen LogP contribution in [0.4, 0.5) is 5.82 Å². The first-order valence-corrected chi connectivity index (χ1v) is 7.21. The molecule has 2 heterocycles. The SMILES string of the molecule is CC(NS(=O)(=O)c1cn[nH]c1N)c1cccs1. The van der Waals surface area contributed by atoms with Crippen LogP contribution in [0, 0.1) is 0 Å². The van der Waals surface area contributed by atoms with E-state index >= 15 is 0 Å². The van der Waals surface area contributed by atoms with Crippen LogP contribution in [-0.4, -0.2) is 18.6 Å². The number of rotatable bonds is 4. The molecular weight excluding hydrogens is 260 g/mol. The third kappa shape index (κ3) is 2.48. The van der Waals surface area contributed by atoms with Gasteiger partial charge in [-0.1, -0.05) is 6.07 Å². The Bertz CT molecular complexity index is 588. The van der Waals surface area contributed by atoms with Gasteiger partial charge in [-0.15, -0.1) is 11.3 Å². The van der Waals surface area contributed by atoms with Crippen LogP contribution >= 0.6 is 11.3 Å². The van der Waals surface area contributed by atoms with Gasteiger partial charge < -0.3 is 5.73 Å². The van der Waals surface area contributed by atoms with Crippen LogP contribution in [-0.2, 0) is 10.0 Å². The van der Waals surface area contributed by atoms with Crippen LogP contribution in [0.15, 0.2) is 28.6 Å². The summed E-state index contributed by atoms with van der Waals surface area (Å²) in [7, 11) is -3.63. The Morgan fingerprint density at radius 2 is 2.35 bits per heavy atom. The molecule has 1 atom stereocenters. The molecule has 0 aliphatic carbocycles. The molecule has 0 amide bonds. The van der Waals surface area contributed by atoms with Gasteiger partial charge in [0.15, 0.2) is 0 Å². The maximum absolute atomic E-state index is 12.0. The molecule has 0 fully saturated rings. The van der Waals surface area contributed by atoms with Crippen molar-refractivity contribution >= 4 is 27.2 Å². The minimum atomic E-state index is -3.63. The molecular formula is C9H12N4O2S2. The summed E-state index contributed by atoms with van der Waals surface area (Å²) in [5, 5.41) is 7.88. The summed E-state index contributed by atoms with van der Waals surface area (Å²) in [5.74, 6) is 0.0379. The summed E-state index contributed by atoms with van der Waals surface area (Å²) < 4.78 is 26.5. The first-order valence-electron chi connectivity index (χ1n) is 4.85. The lowest BCUT2D eigenvalue weighted by atomic mass is 10.3. The number of thiophene rings is 1. The number of hydrogen-bond donors (Lipinski definition) is 3. The molecule has 0 aliphatic rings. The van der Waals surface area contributed by atoms with Crippen molar-refractivity contribution in [3.05, 3.63) is 28.6 Å². The van der Waals surface area contributed by atoms with Gasteiger partial charge in [0.05, 0.1) is 12.2 Å². The normalized spacial score (nSPS) is 13.7. The standard InChI is InChI=1S/C9H12N4O2S2/c1-6(7-3-2-4-16-7)13-17(14,15)8-5-11-12-9(8)10/h2-6,13H,1H3,(H3,10,11,12). The van der Waals surface area contributed by atoms with E-state index in [1.165, 1.54) is 17.5 Å². The molecule has 0 spiro atoms. The number of aromatic nitrogens is 2. The first-order chi connectivity index (χ1) is 8.00. The average molecular weight is 272 g/mol. The smallest absolute Gasteiger partial charge is 0.246 e. The van der Waals surface area contributed by atoms with Gasteiger partial charge in [0.25, 0.3) is 0 Å². The summed E-state index contributed by atoms with van der Waals surface area (Å²) in [6.07, 6.45) is 1.19. The Kier molecular flexibility index (Phi) is 3.18. The number of hydrogen-bond acceptors (Lipinski definition) is 5. The minimum Gasteiger partial charge on any atom is -0.383 e. The van der Waals surface area contributed by atoms with E-state index in [-0.39, 0.29) is 16.8 Å². The Morgan fingerprint density at radius 3 is 2.88 bits per heavy atom. The molecule has 6 nitrogen and oxygen atoms in total. The van der Waals surface area contributed by atoms with Crippen molar-refractivity contribution in [3.8, 4) is 0 Å². The Hall–Kier alpha value is -1.38. The van der Waals surface area contributed by atoms with Crippen LogP contribution in [0.1, 0.15) is 17.8 Å². The highest BCUT2D eigenvalue weighted by molar-refractivity contribution is 7.89. The maximum atomic E-state index is 12.0. The van der Waals surface area contributed by atoms with Crippen molar-refractivity contribution in [2.75, 3.05) is 5.73 Å². The number of sulfonamides is 1. The van der Waals surface area contributed by atoms with Crippen LogP contribution in [0.2, 0.25) is 0 Å². The number of nitrogens with zero attached hydrogens (tertiary/aromatic N) is 1. The van der Waals surface area contributed by atoms with Crippen LogP contribution in [0.3, 0.4) is 0 Å². The number of anilines is 1. The summed E-state index contributed by atoms with van der Waals surface area (Å²) in [4.78, 5) is 0.913. The first kappa shape index (κ1) is 12.1. The molecule has 4 N–H and O–H groups in total. The zero-order valence-electron chi connectivity index (χ0n) is 9.04. The number of H-pyrrole nitrogens is 1. The molecule has 0 saturated carbocycles. The zero-order valence-corrected chi connectivity index (χ0v) is 10.7. The Morgan fingerprint density at radius 1 is 1.59 bits per heavy atom. The van der Waals surface area contributed by atoms with Crippen molar-refractivity contribution in [3.63, 3.8) is 0 Å². The van der Waals surface area contributed by atoms with E-state index in [9.17, 15) is 8.42 Å². The van der Waals surface area contributed by atoms with Crippen LogP contribution in [0.5, 0.6) is 0 Å². The third-order valence-corrected chi connectivity index (χ3v) is 4.85. The van der Waals surface area contributed by atoms with Crippen molar-refractivity contribution in [1.29, 1.82) is 0 Å². The fourth-order valence-corrected chi connectivity index (χ4v) is 3.45. The second kappa shape index (κ2) is 4.47. The zero-order chi connectivity index (χ0) is 12.5. The van der Waals surface area contributed by atoms with Gasteiger partial charge >= 0.3 is 0 Å². The molecule has 0 saturated heterocycles. The van der Waals surface area contributed by atoms with Crippen LogP contribution in [0.25, 0.3) is 0 Å². The van der Waals surface area contributed by atoms with Crippen molar-refractivity contribution in [2.45, 2.75) is 17.9 Å². The van der Waals surface area contributed by atoms with E-state index in [4.69, 9.17) is 5.73 Å².